The van der Waals surface area contributed by atoms with Crippen LogP contribution in [0.25, 0.3) is 21.9 Å². The largest absolute Gasteiger partial charge is 0.466 e. The van der Waals surface area contributed by atoms with Crippen LogP contribution in [0.3, 0.4) is 0 Å². The zero-order valence-corrected chi connectivity index (χ0v) is 20.2. The zero-order valence-electron chi connectivity index (χ0n) is 19.4. The van der Waals surface area contributed by atoms with Crippen LogP contribution >= 0.6 is 11.6 Å². The highest BCUT2D eigenvalue weighted by Crippen LogP contribution is 2.43. The highest BCUT2D eigenvalue weighted by molar-refractivity contribution is 6.31. The summed E-state index contributed by atoms with van der Waals surface area (Å²) in [6.07, 6.45) is -0.389. The fraction of sp³-hybridized carbons (Fsp3) is 0.269. The van der Waals surface area contributed by atoms with E-state index in [2.05, 4.69) is 5.32 Å². The molecule has 8 heteroatoms. The molecule has 1 N–H and O–H groups in total. The van der Waals surface area contributed by atoms with E-state index in [4.69, 9.17) is 25.5 Å². The van der Waals surface area contributed by atoms with E-state index < -0.39 is 17.9 Å². The summed E-state index contributed by atoms with van der Waals surface area (Å²) in [5.74, 6) is -2.17. The number of benzene rings is 2. The minimum absolute atomic E-state index is 0.197. The molecule has 1 aliphatic rings. The maximum absolute atomic E-state index is 13.3. The van der Waals surface area contributed by atoms with Crippen LogP contribution in [0.2, 0.25) is 5.02 Å². The molecule has 3 aromatic rings. The normalized spacial score (nSPS) is 16.3. The summed E-state index contributed by atoms with van der Waals surface area (Å²) >= 11 is 6.45. The number of halogens is 1. The number of carbonyl (C=O) groups excluding carboxylic acids is 2. The van der Waals surface area contributed by atoms with Gasteiger partial charge in [0.15, 0.2) is 0 Å². The average molecular weight is 482 g/mol. The molecule has 4 rings (SSSR count). The highest BCUT2D eigenvalue weighted by atomic mass is 35.5. The molecule has 34 heavy (non-hydrogen) atoms. The molecular weight excluding hydrogens is 458 g/mol. The van der Waals surface area contributed by atoms with Crippen LogP contribution in [0.15, 0.2) is 68.2 Å². The van der Waals surface area contributed by atoms with Crippen LogP contribution in [0.4, 0.5) is 0 Å². The lowest BCUT2D eigenvalue weighted by molar-refractivity contribution is -0.143. The van der Waals surface area contributed by atoms with Crippen LogP contribution in [0.1, 0.15) is 39.2 Å². The summed E-state index contributed by atoms with van der Waals surface area (Å²) in [6.45, 7) is 6.91. The minimum Gasteiger partial charge on any atom is -0.466 e. The third kappa shape index (κ3) is 3.96. The van der Waals surface area contributed by atoms with Crippen molar-refractivity contribution in [2.75, 3.05) is 7.11 Å². The van der Waals surface area contributed by atoms with Gasteiger partial charge in [0.25, 0.3) is 0 Å². The van der Waals surface area contributed by atoms with Crippen LogP contribution < -0.4 is 10.7 Å². The van der Waals surface area contributed by atoms with E-state index in [1.165, 1.54) is 13.2 Å². The van der Waals surface area contributed by atoms with E-state index in [1.807, 2.05) is 0 Å². The molecule has 0 aliphatic carbocycles. The number of nitrogens with one attached hydrogen (secondary N) is 1. The highest BCUT2D eigenvalue weighted by Gasteiger charge is 2.39. The number of allylic oxidation sites excluding steroid dienone is 2. The molecule has 0 saturated heterocycles. The average Bonchev–Trinajstić information content (AvgIpc) is 2.78. The lowest BCUT2D eigenvalue weighted by Gasteiger charge is -2.31. The quantitative estimate of drug-likeness (QED) is 0.415. The Labute approximate surface area is 201 Å². The van der Waals surface area contributed by atoms with Crippen molar-refractivity contribution in [2.24, 2.45) is 0 Å². The first-order chi connectivity index (χ1) is 16.1. The minimum atomic E-state index is -0.939. The first-order valence-corrected chi connectivity index (χ1v) is 11.1. The first kappa shape index (κ1) is 23.6. The predicted molar refractivity (Wildman–Crippen MR) is 130 cm³/mol. The molecule has 2 heterocycles. The van der Waals surface area contributed by atoms with Gasteiger partial charge in [0.1, 0.15) is 11.2 Å². The van der Waals surface area contributed by atoms with Crippen LogP contribution in [-0.4, -0.2) is 25.2 Å². The summed E-state index contributed by atoms with van der Waals surface area (Å²) in [7, 11) is 1.26. The van der Waals surface area contributed by atoms with Crippen molar-refractivity contribution in [3.05, 3.63) is 79.7 Å². The van der Waals surface area contributed by atoms with Crippen molar-refractivity contribution >= 4 is 45.5 Å². The van der Waals surface area contributed by atoms with Gasteiger partial charge in [-0.05, 0) is 52.0 Å². The maximum Gasteiger partial charge on any atom is 0.337 e. The van der Waals surface area contributed by atoms with Crippen molar-refractivity contribution in [2.45, 2.75) is 39.7 Å². The second-order valence-electron chi connectivity index (χ2n) is 8.38. The lowest BCUT2D eigenvalue weighted by Crippen LogP contribution is -2.33. The van der Waals surface area contributed by atoms with Gasteiger partial charge in [0, 0.05) is 22.0 Å². The Kier molecular flexibility index (Phi) is 6.23. The molecule has 0 spiro atoms. The summed E-state index contributed by atoms with van der Waals surface area (Å²) in [4.78, 5) is 39.5. The van der Waals surface area contributed by atoms with Crippen molar-refractivity contribution in [1.29, 1.82) is 0 Å². The van der Waals surface area contributed by atoms with Gasteiger partial charge >= 0.3 is 11.9 Å². The Morgan fingerprint density at radius 1 is 1.03 bits per heavy atom. The molecule has 176 valence electrons. The molecular formula is C26H24ClNO6. The molecule has 0 radical (unpaired) electrons. The standard InChI is InChI=1S/C26H24ClNO6/c1-12(2)33-26(31)21-14(4)28-13(3)20(25(30)32-5)22(21)17-10-15(27)11-18-23(29)16-8-6-7-9-19(16)34-24(17)18/h6-12,22,28H,1-5H3. The van der Waals surface area contributed by atoms with E-state index in [1.54, 1.807) is 58.0 Å². The van der Waals surface area contributed by atoms with Gasteiger partial charge in [-0.2, -0.15) is 0 Å². The lowest BCUT2D eigenvalue weighted by atomic mass is 9.79. The second kappa shape index (κ2) is 8.99. The molecule has 7 nitrogen and oxygen atoms in total. The molecule has 0 saturated carbocycles. The van der Waals surface area contributed by atoms with Gasteiger partial charge in [0.05, 0.1) is 41.1 Å². The van der Waals surface area contributed by atoms with Crippen molar-refractivity contribution in [1.82, 2.24) is 5.32 Å². The predicted octanol–water partition coefficient (Wildman–Crippen LogP) is 4.96. The number of fused-ring (bicyclic) bond motifs is 2. The second-order valence-corrected chi connectivity index (χ2v) is 8.82. The van der Waals surface area contributed by atoms with Gasteiger partial charge in [-0.3, -0.25) is 4.79 Å². The fourth-order valence-corrected chi connectivity index (χ4v) is 4.57. The Morgan fingerprint density at radius 3 is 2.32 bits per heavy atom. The van der Waals surface area contributed by atoms with E-state index in [0.29, 0.717) is 27.9 Å². The molecule has 1 unspecified atom stereocenters. The number of hydrogen-bond donors (Lipinski definition) is 1. The summed E-state index contributed by atoms with van der Waals surface area (Å²) in [5, 5.41) is 4.00. The van der Waals surface area contributed by atoms with Gasteiger partial charge in [-0.25, -0.2) is 9.59 Å². The number of para-hydroxylation sites is 1. The molecule has 0 fully saturated rings. The number of esters is 2. The zero-order chi connectivity index (χ0) is 24.7. The summed E-state index contributed by atoms with van der Waals surface area (Å²) in [5.41, 5.74) is 2.16. The third-order valence-electron chi connectivity index (χ3n) is 5.71. The Hall–Kier alpha value is -3.58. The first-order valence-electron chi connectivity index (χ1n) is 10.8. The number of ether oxygens (including phenoxy) is 2. The molecule has 2 aromatic carbocycles. The smallest absolute Gasteiger partial charge is 0.337 e. The SMILES string of the molecule is COC(=O)C1=C(C)NC(C)=C(C(=O)OC(C)C)C1c1cc(Cl)cc2c(=O)c3ccccc3oc12. The van der Waals surface area contributed by atoms with E-state index in [0.717, 1.165) is 0 Å². The number of dihydropyridines is 1. The van der Waals surface area contributed by atoms with Gasteiger partial charge in [-0.15, -0.1) is 0 Å². The van der Waals surface area contributed by atoms with E-state index in [9.17, 15) is 14.4 Å². The van der Waals surface area contributed by atoms with Gasteiger partial charge < -0.3 is 19.2 Å². The summed E-state index contributed by atoms with van der Waals surface area (Å²) in [6, 6.07) is 9.99. The van der Waals surface area contributed by atoms with Gasteiger partial charge in [-0.1, -0.05) is 23.7 Å². The van der Waals surface area contributed by atoms with E-state index >= 15 is 0 Å². The van der Waals surface area contributed by atoms with Crippen LogP contribution in [-0.2, 0) is 19.1 Å². The Balaban J connectivity index is 2.11. The third-order valence-corrected chi connectivity index (χ3v) is 5.93. The maximum atomic E-state index is 13.3. The van der Waals surface area contributed by atoms with Crippen LogP contribution in [0, 0.1) is 0 Å². The molecule has 1 atom stereocenters. The Bertz CT molecular complexity index is 1460. The molecule has 1 aliphatic heterocycles. The number of carbonyl (C=O) groups is 2. The van der Waals surface area contributed by atoms with Crippen molar-refractivity contribution < 1.29 is 23.5 Å². The summed E-state index contributed by atoms with van der Waals surface area (Å²) < 4.78 is 16.7. The molecule has 0 bridgehead atoms. The van der Waals surface area contributed by atoms with Crippen LogP contribution in [0.5, 0.6) is 0 Å². The fourth-order valence-electron chi connectivity index (χ4n) is 4.34. The number of methoxy groups -OCH3 is 1. The number of rotatable bonds is 4. The van der Waals surface area contributed by atoms with Crippen molar-refractivity contribution in [3.8, 4) is 0 Å². The monoisotopic (exact) mass is 481 g/mol. The molecule has 0 amide bonds. The Morgan fingerprint density at radius 2 is 1.68 bits per heavy atom. The van der Waals surface area contributed by atoms with Gasteiger partial charge in [0.2, 0.25) is 5.43 Å². The topological polar surface area (TPSA) is 94.8 Å². The number of hydrogen-bond acceptors (Lipinski definition) is 7. The van der Waals surface area contributed by atoms with Crippen molar-refractivity contribution in [3.63, 3.8) is 0 Å². The van der Waals surface area contributed by atoms with E-state index in [-0.39, 0.29) is 38.7 Å². The molecule has 1 aromatic heterocycles.